The van der Waals surface area contributed by atoms with Crippen molar-refractivity contribution in [2.45, 2.75) is 33.4 Å². The van der Waals surface area contributed by atoms with Gasteiger partial charge in [-0.05, 0) is 57.2 Å². The first kappa shape index (κ1) is 17.0. The van der Waals surface area contributed by atoms with Crippen molar-refractivity contribution in [1.82, 2.24) is 15.0 Å². The van der Waals surface area contributed by atoms with E-state index in [4.69, 9.17) is 0 Å². The summed E-state index contributed by atoms with van der Waals surface area (Å²) in [5.74, 6) is -0.125. The summed E-state index contributed by atoms with van der Waals surface area (Å²) in [6.07, 6.45) is 0. The topological polar surface area (TPSA) is 63.1 Å². The third-order valence-corrected chi connectivity index (χ3v) is 4.16. The third-order valence-electron chi connectivity index (χ3n) is 4.16. The summed E-state index contributed by atoms with van der Waals surface area (Å²) in [5.41, 5.74) is 3.56. The van der Waals surface area contributed by atoms with Gasteiger partial charge in [0.2, 0.25) is 5.91 Å². The van der Waals surface area contributed by atoms with Crippen LogP contribution in [0, 0.1) is 0 Å². The zero-order valence-electron chi connectivity index (χ0n) is 14.8. The molecule has 0 aliphatic rings. The van der Waals surface area contributed by atoms with Crippen molar-refractivity contribution in [2.24, 2.45) is 0 Å². The SMILES string of the molecule is CCN(c1ccc(NC(=O)Cn2nnc3ccccc32)cc1)C(C)C. The van der Waals surface area contributed by atoms with Crippen LogP contribution in [-0.4, -0.2) is 33.5 Å². The van der Waals surface area contributed by atoms with Crippen LogP contribution < -0.4 is 10.2 Å². The van der Waals surface area contributed by atoms with E-state index in [1.165, 1.54) is 0 Å². The number of hydrogen-bond acceptors (Lipinski definition) is 4. The minimum absolute atomic E-state index is 0.125. The van der Waals surface area contributed by atoms with Crippen LogP contribution in [0.1, 0.15) is 20.8 Å². The van der Waals surface area contributed by atoms with E-state index in [0.717, 1.165) is 29.0 Å². The number of aromatic nitrogens is 3. The van der Waals surface area contributed by atoms with Crippen molar-refractivity contribution >= 4 is 28.3 Å². The molecule has 6 nitrogen and oxygen atoms in total. The zero-order chi connectivity index (χ0) is 17.8. The average Bonchev–Trinajstić information content (AvgIpc) is 3.00. The minimum atomic E-state index is -0.125. The number of fused-ring (bicyclic) bond motifs is 1. The maximum absolute atomic E-state index is 12.3. The highest BCUT2D eigenvalue weighted by Gasteiger charge is 2.10. The fraction of sp³-hybridized carbons (Fsp3) is 0.316. The highest BCUT2D eigenvalue weighted by molar-refractivity contribution is 5.91. The van der Waals surface area contributed by atoms with Crippen molar-refractivity contribution in [2.75, 3.05) is 16.8 Å². The van der Waals surface area contributed by atoms with Crippen LogP contribution >= 0.6 is 0 Å². The summed E-state index contributed by atoms with van der Waals surface area (Å²) in [4.78, 5) is 14.6. The molecule has 1 N–H and O–H groups in total. The molecule has 1 aromatic heterocycles. The van der Waals surface area contributed by atoms with Gasteiger partial charge in [0, 0.05) is 24.0 Å². The molecule has 6 heteroatoms. The normalized spacial score (nSPS) is 11.0. The van der Waals surface area contributed by atoms with E-state index in [1.54, 1.807) is 4.68 Å². The van der Waals surface area contributed by atoms with Crippen molar-refractivity contribution in [3.63, 3.8) is 0 Å². The molecule has 1 amide bonds. The average molecular weight is 337 g/mol. The second-order valence-corrected chi connectivity index (χ2v) is 6.21. The van der Waals surface area contributed by atoms with Gasteiger partial charge in [-0.25, -0.2) is 4.68 Å². The molecular weight excluding hydrogens is 314 g/mol. The van der Waals surface area contributed by atoms with Crippen LogP contribution in [0.3, 0.4) is 0 Å². The number of anilines is 2. The molecule has 25 heavy (non-hydrogen) atoms. The molecule has 2 aromatic carbocycles. The fourth-order valence-corrected chi connectivity index (χ4v) is 2.95. The van der Waals surface area contributed by atoms with E-state index in [9.17, 15) is 4.79 Å². The van der Waals surface area contributed by atoms with Gasteiger partial charge in [0.05, 0.1) is 5.52 Å². The Kier molecular flexibility index (Phi) is 4.97. The molecule has 3 rings (SSSR count). The van der Waals surface area contributed by atoms with Crippen molar-refractivity contribution < 1.29 is 4.79 Å². The lowest BCUT2D eigenvalue weighted by Gasteiger charge is -2.27. The number of nitrogens with zero attached hydrogens (tertiary/aromatic N) is 4. The first-order valence-corrected chi connectivity index (χ1v) is 8.53. The van der Waals surface area contributed by atoms with Crippen LogP contribution in [0.5, 0.6) is 0 Å². The van der Waals surface area contributed by atoms with Gasteiger partial charge in [-0.15, -0.1) is 5.10 Å². The number of nitrogens with one attached hydrogen (secondary N) is 1. The monoisotopic (exact) mass is 337 g/mol. The smallest absolute Gasteiger partial charge is 0.246 e. The molecule has 0 spiro atoms. The van der Waals surface area contributed by atoms with Crippen LogP contribution in [0.2, 0.25) is 0 Å². The van der Waals surface area contributed by atoms with Gasteiger partial charge in [-0.2, -0.15) is 0 Å². The Morgan fingerprint density at radius 2 is 1.88 bits per heavy atom. The van der Waals surface area contributed by atoms with Gasteiger partial charge < -0.3 is 10.2 Å². The second kappa shape index (κ2) is 7.34. The van der Waals surface area contributed by atoms with Gasteiger partial charge in [0.15, 0.2) is 0 Å². The number of carbonyl (C=O) groups is 1. The first-order valence-electron chi connectivity index (χ1n) is 8.53. The van der Waals surface area contributed by atoms with Crippen LogP contribution in [0.15, 0.2) is 48.5 Å². The van der Waals surface area contributed by atoms with E-state index >= 15 is 0 Å². The molecule has 130 valence electrons. The molecule has 0 saturated carbocycles. The van der Waals surface area contributed by atoms with Gasteiger partial charge in [-0.1, -0.05) is 17.3 Å². The summed E-state index contributed by atoms with van der Waals surface area (Å²) < 4.78 is 1.61. The fourth-order valence-electron chi connectivity index (χ4n) is 2.95. The Balaban J connectivity index is 1.67. The summed E-state index contributed by atoms with van der Waals surface area (Å²) in [6, 6.07) is 16.0. The molecule has 1 heterocycles. The molecule has 0 bridgehead atoms. The molecule has 0 atom stereocenters. The van der Waals surface area contributed by atoms with E-state index in [-0.39, 0.29) is 12.5 Å². The zero-order valence-corrected chi connectivity index (χ0v) is 14.8. The van der Waals surface area contributed by atoms with Crippen LogP contribution in [0.4, 0.5) is 11.4 Å². The minimum Gasteiger partial charge on any atom is -0.369 e. The number of benzene rings is 2. The lowest BCUT2D eigenvalue weighted by molar-refractivity contribution is -0.116. The van der Waals surface area contributed by atoms with Crippen molar-refractivity contribution in [3.8, 4) is 0 Å². The quantitative estimate of drug-likeness (QED) is 0.749. The van der Waals surface area contributed by atoms with Gasteiger partial charge in [-0.3, -0.25) is 4.79 Å². The number of para-hydroxylation sites is 1. The highest BCUT2D eigenvalue weighted by atomic mass is 16.2. The largest absolute Gasteiger partial charge is 0.369 e. The summed E-state index contributed by atoms with van der Waals surface area (Å²) >= 11 is 0. The number of rotatable bonds is 6. The lowest BCUT2D eigenvalue weighted by atomic mass is 10.2. The predicted molar refractivity (Wildman–Crippen MR) is 101 cm³/mol. The van der Waals surface area contributed by atoms with Crippen molar-refractivity contribution in [3.05, 3.63) is 48.5 Å². The highest BCUT2D eigenvalue weighted by Crippen LogP contribution is 2.20. The number of amides is 1. The maximum Gasteiger partial charge on any atom is 0.246 e. The molecular formula is C19H23N5O. The first-order chi connectivity index (χ1) is 12.1. The molecule has 0 saturated heterocycles. The summed E-state index contributed by atoms with van der Waals surface area (Å²) in [6.45, 7) is 7.56. The Hall–Kier alpha value is -2.89. The van der Waals surface area contributed by atoms with Gasteiger partial charge in [0.1, 0.15) is 12.1 Å². The van der Waals surface area contributed by atoms with E-state index in [1.807, 2.05) is 48.5 Å². The summed E-state index contributed by atoms with van der Waals surface area (Å²) in [5, 5.41) is 11.0. The predicted octanol–water partition coefficient (Wildman–Crippen LogP) is 3.30. The Morgan fingerprint density at radius 3 is 2.56 bits per heavy atom. The van der Waals surface area contributed by atoms with Gasteiger partial charge in [0.25, 0.3) is 0 Å². The lowest BCUT2D eigenvalue weighted by Crippen LogP contribution is -2.30. The number of hydrogen-bond donors (Lipinski definition) is 1. The molecule has 0 aliphatic carbocycles. The van der Waals surface area contributed by atoms with E-state index < -0.39 is 0 Å². The molecule has 0 radical (unpaired) electrons. The van der Waals surface area contributed by atoms with Crippen LogP contribution in [0.25, 0.3) is 11.0 Å². The van der Waals surface area contributed by atoms with E-state index in [2.05, 4.69) is 41.3 Å². The molecule has 0 unspecified atom stereocenters. The molecule has 3 aromatic rings. The van der Waals surface area contributed by atoms with Crippen LogP contribution in [-0.2, 0) is 11.3 Å². The molecule has 0 fully saturated rings. The maximum atomic E-state index is 12.3. The van der Waals surface area contributed by atoms with Gasteiger partial charge >= 0.3 is 0 Å². The second-order valence-electron chi connectivity index (χ2n) is 6.21. The number of carbonyl (C=O) groups excluding carboxylic acids is 1. The Labute approximate surface area is 147 Å². The Bertz CT molecular complexity index is 854. The Morgan fingerprint density at radius 1 is 1.16 bits per heavy atom. The van der Waals surface area contributed by atoms with Crippen molar-refractivity contribution in [1.29, 1.82) is 0 Å². The molecule has 0 aliphatic heterocycles. The third kappa shape index (κ3) is 3.79. The van der Waals surface area contributed by atoms with E-state index in [0.29, 0.717) is 6.04 Å². The standard InChI is InChI=1S/C19H23N5O/c1-4-23(14(2)3)16-11-9-15(10-12-16)20-19(25)13-24-18-8-6-5-7-17(18)21-22-24/h5-12,14H,4,13H2,1-3H3,(H,20,25). The summed E-state index contributed by atoms with van der Waals surface area (Å²) in [7, 11) is 0.